The topological polar surface area (TPSA) is 55.8 Å². The predicted octanol–water partition coefficient (Wildman–Crippen LogP) is 4.96. The van der Waals surface area contributed by atoms with Gasteiger partial charge in [0.25, 0.3) is 0 Å². The standard InChI is InChI=1S/C23H22O4/c1-2-26-21-11-8-18(9-12-21)19-10-13-22(20(14-19)15-23(24)25)27-16-17-6-4-3-5-7-17/h3-14H,2,15-16H2,1H3,(H,24,25). The Kier molecular flexibility index (Phi) is 6.10. The van der Waals surface area contributed by atoms with Crippen LogP contribution in [0.3, 0.4) is 0 Å². The van der Waals surface area contributed by atoms with E-state index in [1.165, 1.54) is 0 Å². The lowest BCUT2D eigenvalue weighted by Crippen LogP contribution is -2.04. The van der Waals surface area contributed by atoms with Crippen LogP contribution >= 0.6 is 0 Å². The van der Waals surface area contributed by atoms with E-state index >= 15 is 0 Å². The SMILES string of the molecule is CCOc1ccc(-c2ccc(OCc3ccccc3)c(CC(=O)O)c2)cc1. The van der Waals surface area contributed by atoms with Crippen LogP contribution in [0.5, 0.6) is 11.5 Å². The second-order valence-corrected chi connectivity index (χ2v) is 6.12. The van der Waals surface area contributed by atoms with E-state index < -0.39 is 5.97 Å². The van der Waals surface area contributed by atoms with Crippen molar-refractivity contribution in [3.8, 4) is 22.6 Å². The maximum Gasteiger partial charge on any atom is 0.307 e. The summed E-state index contributed by atoms with van der Waals surface area (Å²) >= 11 is 0. The second kappa shape index (κ2) is 8.90. The highest BCUT2D eigenvalue weighted by Crippen LogP contribution is 2.29. The van der Waals surface area contributed by atoms with Crippen LogP contribution in [-0.4, -0.2) is 17.7 Å². The van der Waals surface area contributed by atoms with Crippen molar-refractivity contribution in [2.45, 2.75) is 20.0 Å². The molecule has 0 radical (unpaired) electrons. The molecular weight excluding hydrogens is 340 g/mol. The van der Waals surface area contributed by atoms with Gasteiger partial charge < -0.3 is 14.6 Å². The van der Waals surface area contributed by atoms with Crippen LogP contribution in [0, 0.1) is 0 Å². The van der Waals surface area contributed by atoms with E-state index in [1.807, 2.05) is 79.7 Å². The Morgan fingerprint density at radius 3 is 2.26 bits per heavy atom. The number of carboxylic acids is 1. The normalized spacial score (nSPS) is 10.4. The summed E-state index contributed by atoms with van der Waals surface area (Å²) in [5, 5.41) is 9.26. The van der Waals surface area contributed by atoms with Crippen LogP contribution in [0.4, 0.5) is 0 Å². The maximum absolute atomic E-state index is 11.3. The first-order valence-corrected chi connectivity index (χ1v) is 8.90. The zero-order valence-electron chi connectivity index (χ0n) is 15.2. The largest absolute Gasteiger partial charge is 0.494 e. The molecule has 0 unspecified atom stereocenters. The molecule has 0 bridgehead atoms. The quantitative estimate of drug-likeness (QED) is 0.615. The molecule has 0 aliphatic rings. The minimum absolute atomic E-state index is 0.0883. The number of carbonyl (C=O) groups is 1. The van der Waals surface area contributed by atoms with E-state index in [0.29, 0.717) is 24.5 Å². The first kappa shape index (κ1) is 18.5. The molecule has 4 nitrogen and oxygen atoms in total. The van der Waals surface area contributed by atoms with Crippen molar-refractivity contribution >= 4 is 5.97 Å². The lowest BCUT2D eigenvalue weighted by atomic mass is 10.0. The van der Waals surface area contributed by atoms with E-state index in [0.717, 1.165) is 22.4 Å². The Labute approximate surface area is 159 Å². The van der Waals surface area contributed by atoms with E-state index in [1.54, 1.807) is 0 Å². The van der Waals surface area contributed by atoms with Gasteiger partial charge in [-0.05, 0) is 47.9 Å². The van der Waals surface area contributed by atoms with E-state index in [4.69, 9.17) is 9.47 Å². The molecular formula is C23H22O4. The van der Waals surface area contributed by atoms with E-state index in [9.17, 15) is 9.90 Å². The molecule has 0 atom stereocenters. The zero-order chi connectivity index (χ0) is 19.1. The lowest BCUT2D eigenvalue weighted by Gasteiger charge is -2.13. The smallest absolute Gasteiger partial charge is 0.307 e. The Hall–Kier alpha value is -3.27. The fraction of sp³-hybridized carbons (Fsp3) is 0.174. The molecule has 0 saturated carbocycles. The number of hydrogen-bond donors (Lipinski definition) is 1. The van der Waals surface area contributed by atoms with Crippen LogP contribution in [0.25, 0.3) is 11.1 Å². The highest BCUT2D eigenvalue weighted by Gasteiger charge is 2.11. The third-order valence-corrected chi connectivity index (χ3v) is 4.14. The van der Waals surface area contributed by atoms with Gasteiger partial charge in [-0.1, -0.05) is 48.5 Å². The lowest BCUT2D eigenvalue weighted by molar-refractivity contribution is -0.136. The van der Waals surface area contributed by atoms with Crippen LogP contribution in [0.15, 0.2) is 72.8 Å². The number of aliphatic carboxylic acids is 1. The zero-order valence-corrected chi connectivity index (χ0v) is 15.2. The molecule has 0 saturated heterocycles. The van der Waals surface area contributed by atoms with Crippen molar-refractivity contribution < 1.29 is 19.4 Å². The van der Waals surface area contributed by atoms with Gasteiger partial charge >= 0.3 is 5.97 Å². The van der Waals surface area contributed by atoms with Crippen LogP contribution in [0.2, 0.25) is 0 Å². The molecule has 0 aliphatic heterocycles. The average molecular weight is 362 g/mol. The van der Waals surface area contributed by atoms with Gasteiger partial charge in [-0.2, -0.15) is 0 Å². The molecule has 0 aliphatic carbocycles. The molecule has 3 aromatic carbocycles. The van der Waals surface area contributed by atoms with Gasteiger partial charge in [0.05, 0.1) is 13.0 Å². The average Bonchev–Trinajstić information content (AvgIpc) is 2.68. The minimum atomic E-state index is -0.886. The third kappa shape index (κ3) is 5.11. The summed E-state index contributed by atoms with van der Waals surface area (Å²) in [6.07, 6.45) is -0.0883. The van der Waals surface area contributed by atoms with Gasteiger partial charge in [0.1, 0.15) is 18.1 Å². The van der Waals surface area contributed by atoms with Crippen molar-refractivity contribution in [2.24, 2.45) is 0 Å². The van der Waals surface area contributed by atoms with Gasteiger partial charge in [-0.3, -0.25) is 4.79 Å². The molecule has 0 heterocycles. The Balaban J connectivity index is 1.83. The molecule has 1 N–H and O–H groups in total. The number of benzene rings is 3. The third-order valence-electron chi connectivity index (χ3n) is 4.14. The maximum atomic E-state index is 11.3. The first-order valence-electron chi connectivity index (χ1n) is 8.90. The Bertz CT molecular complexity index is 886. The summed E-state index contributed by atoms with van der Waals surface area (Å²) in [6, 6.07) is 23.2. The highest BCUT2D eigenvalue weighted by atomic mass is 16.5. The second-order valence-electron chi connectivity index (χ2n) is 6.12. The van der Waals surface area contributed by atoms with Gasteiger partial charge in [-0.25, -0.2) is 0 Å². The van der Waals surface area contributed by atoms with Crippen LogP contribution in [-0.2, 0) is 17.8 Å². The molecule has 0 aromatic heterocycles. The number of hydrogen-bond acceptors (Lipinski definition) is 3. The first-order chi connectivity index (χ1) is 13.2. The summed E-state index contributed by atoms with van der Waals surface area (Å²) in [6.45, 7) is 2.96. The molecule has 0 spiro atoms. The van der Waals surface area contributed by atoms with Crippen molar-refractivity contribution in [1.29, 1.82) is 0 Å². The molecule has 27 heavy (non-hydrogen) atoms. The molecule has 0 amide bonds. The van der Waals surface area contributed by atoms with Crippen molar-refractivity contribution in [3.63, 3.8) is 0 Å². The van der Waals surface area contributed by atoms with Crippen molar-refractivity contribution in [3.05, 3.63) is 83.9 Å². The molecule has 4 heteroatoms. The summed E-state index contributed by atoms with van der Waals surface area (Å²) in [4.78, 5) is 11.3. The molecule has 0 fully saturated rings. The number of ether oxygens (including phenoxy) is 2. The van der Waals surface area contributed by atoms with Gasteiger partial charge in [0.15, 0.2) is 0 Å². The highest BCUT2D eigenvalue weighted by molar-refractivity contribution is 5.74. The van der Waals surface area contributed by atoms with Crippen molar-refractivity contribution in [2.75, 3.05) is 6.61 Å². The van der Waals surface area contributed by atoms with Gasteiger partial charge in [0.2, 0.25) is 0 Å². The number of carboxylic acid groups (broad SMARTS) is 1. The van der Waals surface area contributed by atoms with E-state index in [2.05, 4.69) is 0 Å². The summed E-state index contributed by atoms with van der Waals surface area (Å²) in [7, 11) is 0. The van der Waals surface area contributed by atoms with E-state index in [-0.39, 0.29) is 6.42 Å². The minimum Gasteiger partial charge on any atom is -0.494 e. The summed E-state index contributed by atoms with van der Waals surface area (Å²) in [5.41, 5.74) is 3.64. The summed E-state index contributed by atoms with van der Waals surface area (Å²) in [5.74, 6) is 0.522. The fourth-order valence-corrected chi connectivity index (χ4v) is 2.85. The van der Waals surface area contributed by atoms with Gasteiger partial charge in [-0.15, -0.1) is 0 Å². The van der Waals surface area contributed by atoms with Crippen molar-refractivity contribution in [1.82, 2.24) is 0 Å². The predicted molar refractivity (Wildman–Crippen MR) is 105 cm³/mol. The summed E-state index contributed by atoms with van der Waals surface area (Å²) < 4.78 is 11.4. The van der Waals surface area contributed by atoms with Crippen LogP contribution in [0.1, 0.15) is 18.1 Å². The monoisotopic (exact) mass is 362 g/mol. The molecule has 3 rings (SSSR count). The Morgan fingerprint density at radius 1 is 0.889 bits per heavy atom. The fourth-order valence-electron chi connectivity index (χ4n) is 2.85. The number of rotatable bonds is 8. The molecule has 138 valence electrons. The van der Waals surface area contributed by atoms with Gasteiger partial charge in [0, 0.05) is 5.56 Å². The Morgan fingerprint density at radius 2 is 1.59 bits per heavy atom. The molecule has 3 aromatic rings. The van der Waals surface area contributed by atoms with Crippen LogP contribution < -0.4 is 9.47 Å².